The molecule has 0 unspecified atom stereocenters. The molecule has 0 N–H and O–H groups in total. The summed E-state index contributed by atoms with van der Waals surface area (Å²) in [7, 11) is 0. The summed E-state index contributed by atoms with van der Waals surface area (Å²) in [5, 5.41) is 0. The zero-order valence-electron chi connectivity index (χ0n) is 8.27. The van der Waals surface area contributed by atoms with Crippen molar-refractivity contribution in [2.24, 2.45) is 5.92 Å². The monoisotopic (exact) mass is 174 g/mol. The SMILES string of the molecule is CCCCO/C(F)=C\CC(C)C. The molecule has 0 spiro atoms. The Morgan fingerprint density at radius 3 is 2.67 bits per heavy atom. The van der Waals surface area contributed by atoms with E-state index in [9.17, 15) is 4.39 Å². The topological polar surface area (TPSA) is 9.23 Å². The van der Waals surface area contributed by atoms with Crippen molar-refractivity contribution in [3.63, 3.8) is 0 Å². The Labute approximate surface area is 74.6 Å². The van der Waals surface area contributed by atoms with Crippen LogP contribution in [0.3, 0.4) is 0 Å². The fraction of sp³-hybridized carbons (Fsp3) is 0.800. The van der Waals surface area contributed by atoms with Crippen LogP contribution < -0.4 is 0 Å². The molecule has 0 bridgehead atoms. The molecule has 2 heteroatoms. The lowest BCUT2D eigenvalue weighted by molar-refractivity contribution is 0.141. The molecule has 72 valence electrons. The van der Waals surface area contributed by atoms with Gasteiger partial charge in [0.2, 0.25) is 0 Å². The fourth-order valence-electron chi connectivity index (χ4n) is 0.701. The maximum Gasteiger partial charge on any atom is 0.268 e. The second-order valence-electron chi connectivity index (χ2n) is 3.34. The van der Waals surface area contributed by atoms with Crippen LogP contribution in [0.1, 0.15) is 40.0 Å². The zero-order chi connectivity index (χ0) is 9.40. The summed E-state index contributed by atoms with van der Waals surface area (Å²) in [6, 6.07) is -0.419. The summed E-state index contributed by atoms with van der Waals surface area (Å²) >= 11 is 0. The average Bonchev–Trinajstić information content (AvgIpc) is 2.01. The summed E-state index contributed by atoms with van der Waals surface area (Å²) in [4.78, 5) is 0. The predicted molar refractivity (Wildman–Crippen MR) is 49.5 cm³/mol. The van der Waals surface area contributed by atoms with Crippen molar-refractivity contribution in [2.75, 3.05) is 6.61 Å². The van der Waals surface area contributed by atoms with Crippen LogP contribution in [0.5, 0.6) is 0 Å². The highest BCUT2D eigenvalue weighted by Gasteiger charge is 1.95. The van der Waals surface area contributed by atoms with E-state index in [0.717, 1.165) is 19.3 Å². The number of hydrogen-bond donors (Lipinski definition) is 0. The number of hydrogen-bond acceptors (Lipinski definition) is 1. The summed E-state index contributed by atoms with van der Waals surface area (Å²) in [5.74, 6) is 0.491. The Morgan fingerprint density at radius 1 is 1.50 bits per heavy atom. The van der Waals surface area contributed by atoms with Gasteiger partial charge in [0, 0.05) is 0 Å². The molecule has 0 rings (SSSR count). The minimum Gasteiger partial charge on any atom is -0.471 e. The maximum absolute atomic E-state index is 12.7. The van der Waals surface area contributed by atoms with Crippen LogP contribution >= 0.6 is 0 Å². The van der Waals surface area contributed by atoms with Crippen LogP contribution in [0.15, 0.2) is 12.1 Å². The van der Waals surface area contributed by atoms with E-state index in [1.54, 1.807) is 0 Å². The van der Waals surface area contributed by atoms with Crippen molar-refractivity contribution >= 4 is 0 Å². The van der Waals surface area contributed by atoms with Crippen LogP contribution in [0.4, 0.5) is 4.39 Å². The largest absolute Gasteiger partial charge is 0.471 e. The molecule has 0 atom stereocenters. The van der Waals surface area contributed by atoms with Gasteiger partial charge in [-0.2, -0.15) is 4.39 Å². The molecule has 0 heterocycles. The quantitative estimate of drug-likeness (QED) is 0.441. The van der Waals surface area contributed by atoms with Gasteiger partial charge in [0.1, 0.15) is 0 Å². The number of rotatable bonds is 6. The summed E-state index contributed by atoms with van der Waals surface area (Å²) in [6.07, 6.45) is 4.22. The van der Waals surface area contributed by atoms with Gasteiger partial charge in [-0.15, -0.1) is 0 Å². The molecular weight excluding hydrogens is 155 g/mol. The molecule has 0 aliphatic heterocycles. The van der Waals surface area contributed by atoms with E-state index < -0.39 is 6.01 Å². The van der Waals surface area contributed by atoms with Crippen molar-refractivity contribution in [2.45, 2.75) is 40.0 Å². The van der Waals surface area contributed by atoms with Gasteiger partial charge in [-0.25, -0.2) is 0 Å². The van der Waals surface area contributed by atoms with E-state index >= 15 is 0 Å². The minimum absolute atomic E-state index is 0.419. The van der Waals surface area contributed by atoms with E-state index in [4.69, 9.17) is 4.74 Å². The number of halogens is 1. The van der Waals surface area contributed by atoms with Gasteiger partial charge in [0.15, 0.2) is 0 Å². The van der Waals surface area contributed by atoms with Gasteiger partial charge >= 0.3 is 0 Å². The zero-order valence-corrected chi connectivity index (χ0v) is 8.27. The fourth-order valence-corrected chi connectivity index (χ4v) is 0.701. The van der Waals surface area contributed by atoms with Gasteiger partial charge in [-0.3, -0.25) is 0 Å². The molecule has 0 radical (unpaired) electrons. The molecule has 0 amide bonds. The molecule has 0 fully saturated rings. The normalized spacial score (nSPS) is 12.2. The first-order valence-corrected chi connectivity index (χ1v) is 4.65. The molecule has 0 aromatic rings. The highest BCUT2D eigenvalue weighted by Crippen LogP contribution is 2.07. The number of unbranched alkanes of at least 4 members (excludes halogenated alkanes) is 1. The number of allylic oxidation sites excluding steroid dienone is 1. The van der Waals surface area contributed by atoms with E-state index in [1.807, 2.05) is 0 Å². The van der Waals surface area contributed by atoms with Crippen LogP contribution in [0, 0.1) is 5.92 Å². The highest BCUT2D eigenvalue weighted by atomic mass is 19.1. The van der Waals surface area contributed by atoms with Gasteiger partial charge in [0.05, 0.1) is 6.61 Å². The molecule has 0 saturated heterocycles. The average molecular weight is 174 g/mol. The van der Waals surface area contributed by atoms with Crippen molar-refractivity contribution in [1.29, 1.82) is 0 Å². The third-order valence-electron chi connectivity index (χ3n) is 1.49. The Morgan fingerprint density at radius 2 is 2.17 bits per heavy atom. The lowest BCUT2D eigenvalue weighted by Gasteiger charge is -2.02. The van der Waals surface area contributed by atoms with E-state index in [2.05, 4.69) is 20.8 Å². The molecule has 12 heavy (non-hydrogen) atoms. The molecule has 0 aromatic carbocycles. The molecule has 0 aromatic heterocycles. The van der Waals surface area contributed by atoms with Crippen molar-refractivity contribution in [1.82, 2.24) is 0 Å². The molecule has 0 aliphatic carbocycles. The first-order chi connectivity index (χ1) is 5.66. The Kier molecular flexibility index (Phi) is 6.82. The van der Waals surface area contributed by atoms with Crippen molar-refractivity contribution in [3.8, 4) is 0 Å². The minimum atomic E-state index is -0.419. The first-order valence-electron chi connectivity index (χ1n) is 4.65. The molecule has 1 nitrogen and oxygen atoms in total. The van der Waals surface area contributed by atoms with Crippen LogP contribution in [0.2, 0.25) is 0 Å². The van der Waals surface area contributed by atoms with E-state index in [-0.39, 0.29) is 0 Å². The lowest BCUT2D eigenvalue weighted by Crippen LogP contribution is -1.91. The second-order valence-corrected chi connectivity index (χ2v) is 3.34. The third-order valence-corrected chi connectivity index (χ3v) is 1.49. The summed E-state index contributed by atoms with van der Waals surface area (Å²) in [6.45, 7) is 6.65. The van der Waals surface area contributed by atoms with Gasteiger partial charge in [-0.05, 0) is 24.8 Å². The third kappa shape index (κ3) is 7.58. The Hall–Kier alpha value is -0.530. The molecule has 0 aliphatic rings. The van der Waals surface area contributed by atoms with Crippen LogP contribution in [0.25, 0.3) is 0 Å². The second kappa shape index (κ2) is 7.14. The van der Waals surface area contributed by atoms with Gasteiger partial charge in [0.25, 0.3) is 6.01 Å². The molecular formula is C10H19FO. The highest BCUT2D eigenvalue weighted by molar-refractivity contribution is 4.82. The van der Waals surface area contributed by atoms with Crippen molar-refractivity contribution in [3.05, 3.63) is 12.1 Å². The Bertz CT molecular complexity index is 130. The Balaban J connectivity index is 3.42. The van der Waals surface area contributed by atoms with Crippen LogP contribution in [-0.2, 0) is 4.74 Å². The van der Waals surface area contributed by atoms with Crippen LogP contribution in [-0.4, -0.2) is 6.61 Å². The van der Waals surface area contributed by atoms with E-state index in [0.29, 0.717) is 12.5 Å². The number of ether oxygens (including phenoxy) is 1. The smallest absolute Gasteiger partial charge is 0.268 e. The van der Waals surface area contributed by atoms with E-state index in [1.165, 1.54) is 6.08 Å². The van der Waals surface area contributed by atoms with Gasteiger partial charge in [-0.1, -0.05) is 27.2 Å². The van der Waals surface area contributed by atoms with Gasteiger partial charge < -0.3 is 4.74 Å². The summed E-state index contributed by atoms with van der Waals surface area (Å²) < 4.78 is 17.6. The predicted octanol–water partition coefficient (Wildman–Crippen LogP) is 3.66. The molecule has 0 saturated carbocycles. The lowest BCUT2D eigenvalue weighted by atomic mass is 10.1. The first kappa shape index (κ1) is 11.5. The van der Waals surface area contributed by atoms with Crippen molar-refractivity contribution < 1.29 is 9.13 Å². The maximum atomic E-state index is 12.7. The standard InChI is InChI=1S/C10H19FO/c1-4-5-8-12-10(11)7-6-9(2)3/h7,9H,4-6,8H2,1-3H3/b10-7-. The summed E-state index contributed by atoms with van der Waals surface area (Å²) in [5.41, 5.74) is 0.